The van der Waals surface area contributed by atoms with Crippen molar-refractivity contribution in [3.63, 3.8) is 0 Å². The number of carbonyl (C=O) groups excluding carboxylic acids is 1. The van der Waals surface area contributed by atoms with Crippen LogP contribution in [0.1, 0.15) is 18.2 Å². The quantitative estimate of drug-likeness (QED) is 0.472. The lowest BCUT2D eigenvalue weighted by atomic mass is 9.89. The monoisotopic (exact) mass is 439 g/mol. The molecule has 5 atom stereocenters. The van der Waals surface area contributed by atoms with Crippen molar-refractivity contribution in [1.82, 2.24) is 14.5 Å². The molecular formula is C23H29N5O4. The zero-order valence-electron chi connectivity index (χ0n) is 18.2. The van der Waals surface area contributed by atoms with Crippen LogP contribution in [0, 0.1) is 5.92 Å². The molecule has 0 spiro atoms. The molecule has 0 saturated carbocycles. The maximum atomic E-state index is 12.8. The molecule has 0 bridgehead atoms. The summed E-state index contributed by atoms with van der Waals surface area (Å²) in [6, 6.07) is 10.7. The molecule has 2 aromatic heterocycles. The van der Waals surface area contributed by atoms with Crippen molar-refractivity contribution in [2.24, 2.45) is 11.7 Å². The fraction of sp³-hybridized carbons (Fsp3) is 0.435. The van der Waals surface area contributed by atoms with Gasteiger partial charge in [0.15, 0.2) is 11.9 Å². The van der Waals surface area contributed by atoms with Crippen molar-refractivity contribution in [1.29, 1.82) is 0 Å². The minimum absolute atomic E-state index is 0.0138. The number of anilines is 1. The molecule has 0 amide bonds. The van der Waals surface area contributed by atoms with Crippen LogP contribution in [-0.2, 0) is 16.0 Å². The van der Waals surface area contributed by atoms with Gasteiger partial charge in [0.2, 0.25) is 0 Å². The van der Waals surface area contributed by atoms with Crippen LogP contribution in [0.4, 0.5) is 5.69 Å². The minimum atomic E-state index is -1.03. The smallest absolute Gasteiger partial charge is 0.164 e. The van der Waals surface area contributed by atoms with Crippen LogP contribution in [0.3, 0.4) is 0 Å². The largest absolute Gasteiger partial charge is 0.394 e. The Labute approximate surface area is 186 Å². The van der Waals surface area contributed by atoms with Crippen LogP contribution in [0.15, 0.2) is 48.9 Å². The molecule has 1 aliphatic heterocycles. The highest BCUT2D eigenvalue weighted by molar-refractivity contribution is 5.86. The van der Waals surface area contributed by atoms with Crippen molar-refractivity contribution >= 4 is 22.6 Å². The number of ketones is 1. The third-order valence-corrected chi connectivity index (χ3v) is 6.05. The van der Waals surface area contributed by atoms with E-state index in [9.17, 15) is 15.0 Å². The Balaban J connectivity index is 1.53. The van der Waals surface area contributed by atoms with E-state index in [0.717, 1.165) is 11.3 Å². The summed E-state index contributed by atoms with van der Waals surface area (Å²) in [6.45, 7) is -0.317. The molecule has 1 aliphatic rings. The van der Waals surface area contributed by atoms with Gasteiger partial charge in [-0.25, -0.2) is 9.97 Å². The molecule has 9 nitrogen and oxygen atoms in total. The van der Waals surface area contributed by atoms with Crippen LogP contribution in [0.25, 0.3) is 11.2 Å². The summed E-state index contributed by atoms with van der Waals surface area (Å²) >= 11 is 0. The van der Waals surface area contributed by atoms with Gasteiger partial charge in [-0.3, -0.25) is 9.36 Å². The molecule has 170 valence electrons. The maximum Gasteiger partial charge on any atom is 0.164 e. The molecule has 3 aromatic rings. The topological polar surface area (TPSA) is 127 Å². The number of aliphatic hydroxyl groups excluding tert-OH is 2. The van der Waals surface area contributed by atoms with Crippen molar-refractivity contribution in [3.05, 3.63) is 54.5 Å². The molecular weight excluding hydrogens is 410 g/mol. The third-order valence-electron chi connectivity index (χ3n) is 6.05. The first-order valence-electron chi connectivity index (χ1n) is 10.7. The zero-order chi connectivity index (χ0) is 22.8. The normalized spacial score (nSPS) is 24.0. The fourth-order valence-electron chi connectivity index (χ4n) is 4.29. The number of aliphatic hydroxyl groups is 2. The highest BCUT2D eigenvalue weighted by Crippen LogP contribution is 2.38. The number of benzene rings is 1. The Kier molecular flexibility index (Phi) is 6.52. The van der Waals surface area contributed by atoms with E-state index in [-0.39, 0.29) is 18.8 Å². The molecule has 1 aromatic carbocycles. The predicted octanol–water partition coefficient (Wildman–Crippen LogP) is 0.893. The maximum absolute atomic E-state index is 12.8. The number of ether oxygens (including phenoxy) is 1. The molecule has 9 heteroatoms. The van der Waals surface area contributed by atoms with Gasteiger partial charge in [-0.15, -0.1) is 0 Å². The number of aromatic nitrogens is 3. The van der Waals surface area contributed by atoms with Crippen molar-refractivity contribution in [3.8, 4) is 0 Å². The molecule has 0 radical (unpaired) electrons. The van der Waals surface area contributed by atoms with Gasteiger partial charge in [0.05, 0.1) is 30.8 Å². The Morgan fingerprint density at radius 2 is 2.00 bits per heavy atom. The standard InChI is InChI=1S/C23H29N5O4/c1-27(2)17-8-9-25-22-20(17)26-13-28(22)23-21(31)15(19(12-29)32-23)11-18(30)16(24)10-14-6-4-3-5-7-14/h3-9,13,15-16,19,21,23,29,31H,10-12,24H2,1-2H3/t15-,16-,19+,21?,23+/m0/s1. The molecule has 1 unspecified atom stereocenters. The van der Waals surface area contributed by atoms with E-state index >= 15 is 0 Å². The number of rotatable bonds is 8. The Morgan fingerprint density at radius 3 is 2.69 bits per heavy atom. The first-order valence-corrected chi connectivity index (χ1v) is 10.7. The number of carbonyl (C=O) groups is 1. The van der Waals surface area contributed by atoms with Gasteiger partial charge < -0.3 is 25.6 Å². The highest BCUT2D eigenvalue weighted by atomic mass is 16.5. The van der Waals surface area contributed by atoms with Crippen LogP contribution < -0.4 is 10.6 Å². The average molecular weight is 440 g/mol. The fourth-order valence-corrected chi connectivity index (χ4v) is 4.29. The number of Topliss-reactive ketones (excluding diaryl/α,β-unsaturated/α-hetero) is 1. The van der Waals surface area contributed by atoms with Crippen molar-refractivity contribution < 1.29 is 19.7 Å². The van der Waals surface area contributed by atoms with E-state index in [1.807, 2.05) is 55.4 Å². The summed E-state index contributed by atoms with van der Waals surface area (Å²) < 4.78 is 7.62. The van der Waals surface area contributed by atoms with Gasteiger partial charge >= 0.3 is 0 Å². The number of fused-ring (bicyclic) bond motifs is 1. The average Bonchev–Trinajstić information content (AvgIpc) is 3.35. The second kappa shape index (κ2) is 9.33. The second-order valence-corrected chi connectivity index (χ2v) is 8.42. The van der Waals surface area contributed by atoms with Crippen molar-refractivity contribution in [2.45, 2.75) is 37.3 Å². The summed E-state index contributed by atoms with van der Waals surface area (Å²) in [5.41, 5.74) is 9.24. The Hall–Kier alpha value is -2.85. The van der Waals surface area contributed by atoms with Gasteiger partial charge in [0, 0.05) is 32.6 Å². The second-order valence-electron chi connectivity index (χ2n) is 8.42. The summed E-state index contributed by atoms with van der Waals surface area (Å²) in [7, 11) is 3.83. The van der Waals surface area contributed by atoms with Crippen molar-refractivity contribution in [2.75, 3.05) is 25.6 Å². The van der Waals surface area contributed by atoms with Crippen LogP contribution >= 0.6 is 0 Å². The number of imidazole rings is 1. The lowest BCUT2D eigenvalue weighted by Crippen LogP contribution is -2.38. The van der Waals surface area contributed by atoms with E-state index in [0.29, 0.717) is 17.6 Å². The lowest BCUT2D eigenvalue weighted by Gasteiger charge is -2.20. The summed E-state index contributed by atoms with van der Waals surface area (Å²) in [5, 5.41) is 20.9. The molecule has 1 saturated heterocycles. The van der Waals surface area contributed by atoms with E-state index in [4.69, 9.17) is 10.5 Å². The number of hydrogen-bond acceptors (Lipinski definition) is 8. The zero-order valence-corrected chi connectivity index (χ0v) is 18.2. The molecule has 1 fully saturated rings. The highest BCUT2D eigenvalue weighted by Gasteiger charge is 2.46. The molecule has 3 heterocycles. The Bertz CT molecular complexity index is 1070. The van der Waals surface area contributed by atoms with Gasteiger partial charge in [-0.05, 0) is 18.1 Å². The predicted molar refractivity (Wildman–Crippen MR) is 120 cm³/mol. The molecule has 0 aliphatic carbocycles. The van der Waals surface area contributed by atoms with Gasteiger partial charge in [0.1, 0.15) is 17.4 Å². The van der Waals surface area contributed by atoms with Gasteiger partial charge in [-0.2, -0.15) is 0 Å². The summed E-state index contributed by atoms with van der Waals surface area (Å²) in [6.07, 6.45) is 1.13. The SMILES string of the molecule is CN(C)c1ccnc2c1ncn2[C@@H]1O[C@H](CO)[C@H](CC(=O)[C@@H](N)Cc2ccccc2)C1O. The van der Waals surface area contributed by atoms with E-state index in [2.05, 4.69) is 9.97 Å². The van der Waals surface area contributed by atoms with Crippen LogP contribution in [0.5, 0.6) is 0 Å². The van der Waals surface area contributed by atoms with E-state index in [1.54, 1.807) is 17.1 Å². The summed E-state index contributed by atoms with van der Waals surface area (Å²) in [5.74, 6) is -0.766. The number of nitrogens with two attached hydrogens (primary N) is 1. The molecule has 4 rings (SSSR count). The first-order chi connectivity index (χ1) is 15.4. The summed E-state index contributed by atoms with van der Waals surface area (Å²) in [4.78, 5) is 23.6. The molecule has 4 N–H and O–H groups in total. The van der Waals surface area contributed by atoms with Gasteiger partial charge in [-0.1, -0.05) is 30.3 Å². The number of pyridine rings is 1. The lowest BCUT2D eigenvalue weighted by molar-refractivity contribution is -0.122. The van der Waals surface area contributed by atoms with E-state index < -0.39 is 30.4 Å². The van der Waals surface area contributed by atoms with Crippen LogP contribution in [-0.4, -0.2) is 69.5 Å². The Morgan fingerprint density at radius 1 is 1.25 bits per heavy atom. The van der Waals surface area contributed by atoms with Crippen LogP contribution in [0.2, 0.25) is 0 Å². The first kappa shape index (κ1) is 22.3. The molecule has 32 heavy (non-hydrogen) atoms. The number of hydrogen-bond donors (Lipinski definition) is 3. The number of nitrogens with zero attached hydrogens (tertiary/aromatic N) is 4. The minimum Gasteiger partial charge on any atom is -0.394 e. The van der Waals surface area contributed by atoms with E-state index in [1.165, 1.54) is 0 Å². The third kappa shape index (κ3) is 4.24. The van der Waals surface area contributed by atoms with Gasteiger partial charge in [0.25, 0.3) is 0 Å².